The largest absolute Gasteiger partial charge is 0.322 e. The first-order chi connectivity index (χ1) is 17.0. The van der Waals surface area contributed by atoms with Gasteiger partial charge in [0.2, 0.25) is 5.91 Å². The predicted molar refractivity (Wildman–Crippen MR) is 148 cm³/mol. The molecule has 192 valence electrons. The van der Waals surface area contributed by atoms with Crippen molar-refractivity contribution in [2.24, 2.45) is 0 Å². The number of para-hydroxylation sites is 1. The number of rotatable bonds is 8. The number of carbonyl (C=O) groups excluding carboxylic acids is 2. The highest BCUT2D eigenvalue weighted by atomic mass is 35.5. The summed E-state index contributed by atoms with van der Waals surface area (Å²) in [6, 6.07) is 14.3. The van der Waals surface area contributed by atoms with Crippen LogP contribution in [0.4, 0.5) is 16.3 Å². The van der Waals surface area contributed by atoms with Gasteiger partial charge >= 0.3 is 6.03 Å². The molecule has 0 atom stereocenters. The fourth-order valence-electron chi connectivity index (χ4n) is 3.57. The summed E-state index contributed by atoms with van der Waals surface area (Å²) in [4.78, 5) is 27.7. The van der Waals surface area contributed by atoms with E-state index in [1.165, 1.54) is 4.90 Å². The van der Waals surface area contributed by atoms with E-state index in [0.29, 0.717) is 23.1 Å². The van der Waals surface area contributed by atoms with Crippen molar-refractivity contribution in [1.29, 1.82) is 0 Å². The number of aromatic nitrogens is 2. The van der Waals surface area contributed by atoms with Crippen LogP contribution < -0.4 is 10.6 Å². The van der Waals surface area contributed by atoms with Crippen molar-refractivity contribution >= 4 is 46.6 Å². The van der Waals surface area contributed by atoms with E-state index < -0.39 is 6.03 Å². The highest BCUT2D eigenvalue weighted by Crippen LogP contribution is 2.30. The number of benzene rings is 2. The molecule has 0 spiro atoms. The lowest BCUT2D eigenvalue weighted by molar-refractivity contribution is -0.116. The van der Waals surface area contributed by atoms with Gasteiger partial charge in [0, 0.05) is 18.0 Å². The van der Waals surface area contributed by atoms with Crippen molar-refractivity contribution < 1.29 is 9.59 Å². The van der Waals surface area contributed by atoms with Gasteiger partial charge in [-0.25, -0.2) is 9.48 Å². The first-order valence-corrected chi connectivity index (χ1v) is 12.7. The van der Waals surface area contributed by atoms with Crippen LogP contribution in [0, 0.1) is 6.92 Å². The molecule has 0 radical (unpaired) electrons. The third kappa shape index (κ3) is 6.80. The third-order valence-corrected chi connectivity index (χ3v) is 6.50. The summed E-state index contributed by atoms with van der Waals surface area (Å²) in [6.07, 6.45) is 1.62. The first kappa shape index (κ1) is 27.6. The number of urea groups is 1. The zero-order valence-electron chi connectivity index (χ0n) is 21.4. The highest BCUT2D eigenvalue weighted by molar-refractivity contribution is 6.43. The molecule has 2 aromatic carbocycles. The summed E-state index contributed by atoms with van der Waals surface area (Å²) in [5, 5.41) is 11.1. The number of amides is 3. The Balaban J connectivity index is 1.83. The number of hydrogen-bond acceptors (Lipinski definition) is 3. The van der Waals surface area contributed by atoms with Crippen molar-refractivity contribution in [1.82, 2.24) is 14.7 Å². The Hall–Kier alpha value is -3.03. The molecule has 0 aliphatic heterocycles. The number of unbranched alkanes of at least 4 members (excludes halogenated alkanes) is 1. The summed E-state index contributed by atoms with van der Waals surface area (Å²) in [5.74, 6) is 0.224. The second-order valence-electron chi connectivity index (χ2n) is 9.72. The Morgan fingerprint density at radius 3 is 2.44 bits per heavy atom. The average molecular weight is 531 g/mol. The molecule has 3 aromatic rings. The van der Waals surface area contributed by atoms with Crippen molar-refractivity contribution in [3.8, 4) is 5.69 Å². The second kappa shape index (κ2) is 11.8. The maximum Gasteiger partial charge on any atom is 0.322 e. The van der Waals surface area contributed by atoms with Gasteiger partial charge in [-0.3, -0.25) is 4.79 Å². The minimum absolute atomic E-state index is 0.131. The molecule has 3 amide bonds. The number of anilines is 2. The fourth-order valence-corrected chi connectivity index (χ4v) is 3.92. The van der Waals surface area contributed by atoms with E-state index in [9.17, 15) is 9.59 Å². The van der Waals surface area contributed by atoms with Gasteiger partial charge in [-0.1, -0.05) is 81.6 Å². The van der Waals surface area contributed by atoms with Gasteiger partial charge in [-0.2, -0.15) is 5.10 Å². The number of nitrogens with zero attached hydrogens (tertiary/aromatic N) is 3. The van der Waals surface area contributed by atoms with Gasteiger partial charge in [-0.15, -0.1) is 0 Å². The Kier molecular flexibility index (Phi) is 9.03. The smallest absolute Gasteiger partial charge is 0.315 e. The van der Waals surface area contributed by atoms with Crippen LogP contribution in [0.1, 0.15) is 51.8 Å². The lowest BCUT2D eigenvalue weighted by Gasteiger charge is -2.23. The fraction of sp³-hybridized carbons (Fsp3) is 0.370. The summed E-state index contributed by atoms with van der Waals surface area (Å²) in [6.45, 7) is 10.5. The summed E-state index contributed by atoms with van der Waals surface area (Å²) in [5.41, 5.74) is 2.93. The molecule has 0 aliphatic carbocycles. The van der Waals surface area contributed by atoms with Gasteiger partial charge in [-0.05, 0) is 37.1 Å². The van der Waals surface area contributed by atoms with Crippen LogP contribution in [0.25, 0.3) is 5.69 Å². The molecule has 0 saturated heterocycles. The van der Waals surface area contributed by atoms with Crippen molar-refractivity contribution in [3.63, 3.8) is 0 Å². The van der Waals surface area contributed by atoms with Gasteiger partial charge in [0.1, 0.15) is 12.4 Å². The molecule has 1 aromatic heterocycles. The second-order valence-corrected chi connectivity index (χ2v) is 10.5. The van der Waals surface area contributed by atoms with E-state index >= 15 is 0 Å². The van der Waals surface area contributed by atoms with Crippen LogP contribution in [-0.4, -0.2) is 39.7 Å². The maximum absolute atomic E-state index is 13.2. The molecular formula is C27H33Cl2N5O2. The van der Waals surface area contributed by atoms with Crippen molar-refractivity contribution in [2.45, 2.75) is 52.9 Å². The molecule has 7 nitrogen and oxygen atoms in total. The van der Waals surface area contributed by atoms with Crippen LogP contribution >= 0.6 is 23.2 Å². The first-order valence-electron chi connectivity index (χ1n) is 12.0. The lowest BCUT2D eigenvalue weighted by atomic mass is 9.92. The van der Waals surface area contributed by atoms with Gasteiger partial charge in [0.15, 0.2) is 0 Å². The molecule has 9 heteroatoms. The Morgan fingerprint density at radius 1 is 1.06 bits per heavy atom. The molecule has 0 bridgehead atoms. The molecule has 0 unspecified atom stereocenters. The van der Waals surface area contributed by atoms with E-state index in [-0.39, 0.29) is 22.9 Å². The monoisotopic (exact) mass is 529 g/mol. The molecular weight excluding hydrogens is 497 g/mol. The van der Waals surface area contributed by atoms with Crippen LogP contribution in [0.15, 0.2) is 48.5 Å². The minimum atomic E-state index is -0.425. The van der Waals surface area contributed by atoms with E-state index in [4.69, 9.17) is 28.3 Å². The molecule has 0 fully saturated rings. The molecule has 0 aliphatic rings. The molecule has 36 heavy (non-hydrogen) atoms. The number of aryl methyl sites for hydroxylation is 1. The molecule has 0 saturated carbocycles. The predicted octanol–water partition coefficient (Wildman–Crippen LogP) is 7.06. The van der Waals surface area contributed by atoms with E-state index in [0.717, 1.165) is 29.8 Å². The number of hydrogen-bond donors (Lipinski definition) is 2. The maximum atomic E-state index is 13.2. The average Bonchev–Trinajstić information content (AvgIpc) is 3.23. The summed E-state index contributed by atoms with van der Waals surface area (Å²) < 4.78 is 1.75. The van der Waals surface area contributed by atoms with Crippen molar-refractivity contribution in [2.75, 3.05) is 23.7 Å². The summed E-state index contributed by atoms with van der Waals surface area (Å²) >= 11 is 12.3. The normalized spacial score (nSPS) is 11.3. The highest BCUT2D eigenvalue weighted by Gasteiger charge is 2.24. The molecule has 2 N–H and O–H groups in total. The minimum Gasteiger partial charge on any atom is -0.315 e. The SMILES string of the molecule is CCCCN(CC(=O)Nc1cc(C(C)(C)C)nn1-c1ccccc1C)C(=O)Nc1cccc(Cl)c1Cl. The van der Waals surface area contributed by atoms with Crippen LogP contribution in [0.3, 0.4) is 0 Å². The number of carbonyl (C=O) groups is 2. The zero-order chi connectivity index (χ0) is 26.5. The third-order valence-electron chi connectivity index (χ3n) is 5.69. The number of nitrogens with one attached hydrogen (secondary N) is 2. The Bertz CT molecular complexity index is 1230. The van der Waals surface area contributed by atoms with Crippen molar-refractivity contribution in [3.05, 3.63) is 69.8 Å². The molecule has 1 heterocycles. The van der Waals surface area contributed by atoms with Crippen LogP contribution in [0.2, 0.25) is 10.0 Å². The van der Waals surface area contributed by atoms with E-state index in [2.05, 4.69) is 31.4 Å². The van der Waals surface area contributed by atoms with Gasteiger partial charge < -0.3 is 15.5 Å². The Labute approximate surface area is 222 Å². The quantitative estimate of drug-likeness (QED) is 0.327. The Morgan fingerprint density at radius 2 is 1.78 bits per heavy atom. The lowest BCUT2D eigenvalue weighted by Crippen LogP contribution is -2.41. The summed E-state index contributed by atoms with van der Waals surface area (Å²) in [7, 11) is 0. The van der Waals surface area contributed by atoms with E-state index in [1.54, 1.807) is 22.9 Å². The topological polar surface area (TPSA) is 79.3 Å². The zero-order valence-corrected chi connectivity index (χ0v) is 22.9. The van der Waals surface area contributed by atoms with Gasteiger partial charge in [0.05, 0.1) is 27.1 Å². The van der Waals surface area contributed by atoms with Gasteiger partial charge in [0.25, 0.3) is 0 Å². The van der Waals surface area contributed by atoms with Crippen LogP contribution in [-0.2, 0) is 10.2 Å². The molecule has 3 rings (SSSR count). The number of halogens is 2. The standard InChI is InChI=1S/C27H33Cl2N5O2/c1-6-7-15-33(26(36)30-20-13-10-12-19(28)25(20)29)17-24(35)31-23-16-22(27(3,4)5)32-34(23)21-14-9-8-11-18(21)2/h8-14,16H,6-7,15,17H2,1-5H3,(H,30,36)(H,31,35). The van der Waals surface area contributed by atoms with Crippen LogP contribution in [0.5, 0.6) is 0 Å². The van der Waals surface area contributed by atoms with E-state index in [1.807, 2.05) is 44.2 Å².